The van der Waals surface area contributed by atoms with Crippen molar-refractivity contribution in [2.24, 2.45) is 11.8 Å². The smallest absolute Gasteiger partial charge is 0.455 e. The molecule has 35 heavy (non-hydrogen) atoms. The first kappa shape index (κ1) is 28.0. The summed E-state index contributed by atoms with van der Waals surface area (Å²) in [5.41, 5.74) is 1.46. The van der Waals surface area contributed by atoms with E-state index >= 15 is 0 Å². The zero-order valence-corrected chi connectivity index (χ0v) is 21.6. The molecule has 2 fully saturated rings. The Morgan fingerprint density at radius 3 is 2.51 bits per heavy atom. The second-order valence-corrected chi connectivity index (χ2v) is 11.3. The van der Waals surface area contributed by atoms with Crippen molar-refractivity contribution >= 4 is 13.8 Å². The summed E-state index contributed by atoms with van der Waals surface area (Å²) in [7, 11) is -4.76. The van der Waals surface area contributed by atoms with Gasteiger partial charge in [0.05, 0.1) is 30.3 Å². The predicted octanol–water partition coefficient (Wildman–Crippen LogP) is 4.14. The van der Waals surface area contributed by atoms with Gasteiger partial charge in [0.15, 0.2) is 5.89 Å². The lowest BCUT2D eigenvalue weighted by Crippen LogP contribution is -2.35. The second-order valence-electron chi connectivity index (χ2n) is 10.1. The van der Waals surface area contributed by atoms with Crippen LogP contribution in [0.5, 0.6) is 0 Å². The summed E-state index contributed by atoms with van der Waals surface area (Å²) in [5, 5.41) is 10.7. The molecule has 3 rings (SSSR count). The van der Waals surface area contributed by atoms with E-state index in [-0.39, 0.29) is 37.4 Å². The molecule has 0 spiro atoms. The van der Waals surface area contributed by atoms with Crippen molar-refractivity contribution < 1.29 is 42.7 Å². The Bertz CT molecular complexity index is 913. The molecule has 2 aliphatic rings. The lowest BCUT2D eigenvalue weighted by atomic mass is 9.87. The third-order valence-electron chi connectivity index (χ3n) is 6.72. The van der Waals surface area contributed by atoms with E-state index in [1.165, 1.54) is 6.26 Å². The van der Waals surface area contributed by atoms with Gasteiger partial charge in [-0.1, -0.05) is 26.0 Å². The number of oxazole rings is 1. The highest BCUT2D eigenvalue weighted by Gasteiger charge is 2.35. The number of aliphatic hydroxyl groups excluding tert-OH is 1. The molecule has 1 aromatic heterocycles. The number of aliphatic hydroxyl groups is 1. The fourth-order valence-corrected chi connectivity index (χ4v) is 5.63. The molecule has 2 bridgehead atoms. The first-order chi connectivity index (χ1) is 16.4. The number of nitrogens with zero attached hydrogens (tertiary/aromatic N) is 1. The fourth-order valence-electron chi connectivity index (χ4n) is 4.98. The highest BCUT2D eigenvalue weighted by Crippen LogP contribution is 2.42. The number of phosphoric ester groups is 1. The van der Waals surface area contributed by atoms with E-state index in [4.69, 9.17) is 18.4 Å². The van der Waals surface area contributed by atoms with Gasteiger partial charge < -0.3 is 28.8 Å². The highest BCUT2D eigenvalue weighted by molar-refractivity contribution is 7.46. The molecule has 11 heteroatoms. The van der Waals surface area contributed by atoms with E-state index in [1.54, 1.807) is 20.8 Å². The van der Waals surface area contributed by atoms with E-state index in [0.29, 0.717) is 43.7 Å². The number of aryl methyl sites for hydroxylation is 1. The monoisotopic (exact) mass is 515 g/mol. The molecule has 7 atom stereocenters. The number of cyclic esters (lactones) is 1. The Morgan fingerprint density at radius 1 is 1.14 bits per heavy atom. The minimum Gasteiger partial charge on any atom is -0.455 e. The Balaban J connectivity index is 1.83. The molecule has 1 aromatic rings. The largest absolute Gasteiger partial charge is 0.469 e. The molecule has 10 nitrogen and oxygen atoms in total. The third-order valence-corrected chi connectivity index (χ3v) is 7.27. The van der Waals surface area contributed by atoms with Crippen LogP contribution in [0.1, 0.15) is 82.9 Å². The van der Waals surface area contributed by atoms with Crippen LogP contribution >= 0.6 is 7.82 Å². The van der Waals surface area contributed by atoms with Crippen molar-refractivity contribution in [3.8, 4) is 0 Å². The van der Waals surface area contributed by atoms with Crippen LogP contribution in [-0.2, 0) is 23.4 Å². The number of fused-ring (bicyclic) bond motifs is 2. The molecule has 0 amide bonds. The first-order valence-corrected chi connectivity index (χ1v) is 13.8. The first-order valence-electron chi connectivity index (χ1n) is 12.3. The molecular formula is C24H38NO9P. The summed E-state index contributed by atoms with van der Waals surface area (Å²) < 4.78 is 34.1. The molecule has 0 radical (unpaired) electrons. The standard InChI is InChI=1S/C24H38NO9P/c1-14-8-19-7-5-6-18(26)11-23(21-13-31-17(4)25-21)33-24(27)16(3)10-15(2)22(34-35(28,29)30)12-20(9-14)32-19/h13,15-16,18-20,22-23,26H,1,5-12H2,2-4H3,(H2,28,29,30)/t15-,16-,18-,19+,20+,22?,23-/m0/s1. The van der Waals surface area contributed by atoms with Crippen LogP contribution in [0.25, 0.3) is 0 Å². The van der Waals surface area contributed by atoms with Gasteiger partial charge in [-0.25, -0.2) is 9.55 Å². The van der Waals surface area contributed by atoms with Crippen molar-refractivity contribution in [3.63, 3.8) is 0 Å². The van der Waals surface area contributed by atoms with Crippen LogP contribution in [0.2, 0.25) is 0 Å². The van der Waals surface area contributed by atoms with Gasteiger partial charge in [-0.2, -0.15) is 0 Å². The lowest BCUT2D eigenvalue weighted by molar-refractivity contribution is -0.156. The zero-order valence-electron chi connectivity index (χ0n) is 20.7. The summed E-state index contributed by atoms with van der Waals surface area (Å²) >= 11 is 0. The molecule has 3 heterocycles. The fraction of sp³-hybridized carbons (Fsp3) is 0.750. The number of carbonyl (C=O) groups excluding carboxylic acids is 1. The van der Waals surface area contributed by atoms with E-state index in [9.17, 15) is 24.3 Å². The summed E-state index contributed by atoms with van der Waals surface area (Å²) in [6.07, 6.45) is 2.71. The van der Waals surface area contributed by atoms with Gasteiger partial charge in [0.1, 0.15) is 18.1 Å². The predicted molar refractivity (Wildman–Crippen MR) is 126 cm³/mol. The number of hydrogen-bond acceptors (Lipinski definition) is 8. The SMILES string of the molecule is C=C1C[C@H]2CCC[C@H](O)C[C@@H](c3coc(C)n3)OC(=O)[C@@H](C)C[C@H](C)C(OP(=O)(O)O)C[C@@H](C1)O2. The van der Waals surface area contributed by atoms with Gasteiger partial charge in [-0.05, 0) is 44.4 Å². The van der Waals surface area contributed by atoms with Crippen LogP contribution in [0.15, 0.2) is 22.8 Å². The van der Waals surface area contributed by atoms with Crippen molar-refractivity contribution in [1.29, 1.82) is 0 Å². The van der Waals surface area contributed by atoms with E-state index in [1.807, 2.05) is 0 Å². The summed E-state index contributed by atoms with van der Waals surface area (Å²) in [5.74, 6) is -1.00. The summed E-state index contributed by atoms with van der Waals surface area (Å²) in [6.45, 7) is 9.31. The minimum atomic E-state index is -4.76. The summed E-state index contributed by atoms with van der Waals surface area (Å²) in [6, 6.07) is 0. The van der Waals surface area contributed by atoms with Crippen LogP contribution in [0.4, 0.5) is 0 Å². The topological polar surface area (TPSA) is 149 Å². The Labute approximate surface area is 206 Å². The van der Waals surface area contributed by atoms with Gasteiger partial charge in [-0.15, -0.1) is 0 Å². The van der Waals surface area contributed by atoms with Crippen molar-refractivity contribution in [3.05, 3.63) is 30.0 Å². The molecule has 3 N–H and O–H groups in total. The quantitative estimate of drug-likeness (QED) is 0.305. The van der Waals surface area contributed by atoms with E-state index in [0.717, 1.165) is 5.57 Å². The number of esters is 1. The van der Waals surface area contributed by atoms with Crippen molar-refractivity contribution in [2.45, 2.75) is 103 Å². The molecule has 0 saturated carbocycles. The summed E-state index contributed by atoms with van der Waals surface area (Å²) in [4.78, 5) is 36.3. The van der Waals surface area contributed by atoms with Crippen LogP contribution in [0, 0.1) is 18.8 Å². The molecule has 0 aliphatic carbocycles. The minimum absolute atomic E-state index is 0.0851. The Kier molecular flexibility index (Phi) is 9.71. The number of aromatic nitrogens is 1. The highest BCUT2D eigenvalue weighted by atomic mass is 31.2. The maximum absolute atomic E-state index is 13.0. The Hall–Kier alpha value is -1.55. The number of carbonyl (C=O) groups is 1. The molecule has 2 aliphatic heterocycles. The second kappa shape index (κ2) is 12.1. The number of rotatable bonds is 3. The number of ether oxygens (including phenoxy) is 2. The van der Waals surface area contributed by atoms with Gasteiger partial charge in [-0.3, -0.25) is 9.32 Å². The maximum atomic E-state index is 13.0. The average molecular weight is 516 g/mol. The molecular weight excluding hydrogens is 477 g/mol. The maximum Gasteiger partial charge on any atom is 0.469 e. The van der Waals surface area contributed by atoms with Gasteiger partial charge in [0, 0.05) is 19.8 Å². The average Bonchev–Trinajstić information content (AvgIpc) is 3.17. The normalized spacial score (nSPS) is 34.4. The van der Waals surface area contributed by atoms with Gasteiger partial charge in [0.25, 0.3) is 0 Å². The van der Waals surface area contributed by atoms with Crippen molar-refractivity contribution in [2.75, 3.05) is 0 Å². The third kappa shape index (κ3) is 8.81. The Morgan fingerprint density at radius 2 is 1.86 bits per heavy atom. The zero-order chi connectivity index (χ0) is 25.8. The van der Waals surface area contributed by atoms with Crippen LogP contribution < -0.4 is 0 Å². The number of phosphoric acid groups is 1. The molecule has 1 unspecified atom stereocenters. The van der Waals surface area contributed by atoms with E-state index in [2.05, 4.69) is 11.6 Å². The van der Waals surface area contributed by atoms with Gasteiger partial charge >= 0.3 is 13.8 Å². The molecule has 0 aromatic carbocycles. The number of hydrogen-bond donors (Lipinski definition) is 3. The van der Waals surface area contributed by atoms with Crippen molar-refractivity contribution in [1.82, 2.24) is 4.98 Å². The molecule has 2 saturated heterocycles. The molecule has 198 valence electrons. The van der Waals surface area contributed by atoms with Gasteiger partial charge in [0.2, 0.25) is 0 Å². The van der Waals surface area contributed by atoms with E-state index < -0.39 is 38.0 Å². The van der Waals surface area contributed by atoms with Crippen LogP contribution in [-0.4, -0.2) is 50.3 Å². The lowest BCUT2D eigenvalue weighted by Gasteiger charge is -2.35. The van der Waals surface area contributed by atoms with Crippen LogP contribution in [0.3, 0.4) is 0 Å².